The second-order valence-electron chi connectivity index (χ2n) is 6.37. The maximum Gasteiger partial charge on any atom is 0.0409 e. The van der Waals surface area contributed by atoms with Crippen LogP contribution in [0.2, 0.25) is 5.02 Å². The average molecular weight is 312 g/mol. The van der Waals surface area contributed by atoms with E-state index in [0.717, 1.165) is 23.9 Å². The van der Waals surface area contributed by atoms with Gasteiger partial charge in [0.25, 0.3) is 0 Å². The Bertz CT molecular complexity index is 413. The fraction of sp³-hybridized carbons (Fsp3) is 0.647. The van der Waals surface area contributed by atoms with E-state index in [9.17, 15) is 0 Å². The second kappa shape index (κ2) is 7.72. The van der Waals surface area contributed by atoms with E-state index in [1.807, 2.05) is 12.1 Å². The minimum atomic E-state index is 0.410. The molecule has 0 radical (unpaired) electrons. The van der Waals surface area contributed by atoms with Crippen LogP contribution in [0.5, 0.6) is 0 Å². The molecule has 20 heavy (non-hydrogen) atoms. The Hall–Kier alpha value is -0.180. The minimum Gasteiger partial charge on any atom is -0.302 e. The molecule has 0 amide bonds. The molecule has 0 heterocycles. The first-order valence-electron chi connectivity index (χ1n) is 7.67. The summed E-state index contributed by atoms with van der Waals surface area (Å²) in [5, 5.41) is 0.828. The van der Waals surface area contributed by atoms with Crippen molar-refractivity contribution in [2.45, 2.75) is 45.1 Å². The first kappa shape index (κ1) is 16.2. The summed E-state index contributed by atoms with van der Waals surface area (Å²) in [4.78, 5) is 2.44. The first-order chi connectivity index (χ1) is 9.63. The molecule has 1 aromatic carbocycles. The highest BCUT2D eigenvalue weighted by atomic mass is 35.5. The van der Waals surface area contributed by atoms with E-state index in [1.165, 1.54) is 44.1 Å². The van der Waals surface area contributed by atoms with Crippen LogP contribution in [-0.4, -0.2) is 24.2 Å². The number of halogens is 1. The van der Waals surface area contributed by atoms with E-state index in [2.05, 4.69) is 36.7 Å². The summed E-state index contributed by atoms with van der Waals surface area (Å²) in [7, 11) is 2.22. The maximum atomic E-state index is 6.07. The van der Waals surface area contributed by atoms with Gasteiger partial charge in [0.2, 0.25) is 0 Å². The Morgan fingerprint density at radius 3 is 2.50 bits per heavy atom. The average Bonchev–Trinajstić information content (AvgIpc) is 2.65. The van der Waals surface area contributed by atoms with Crippen LogP contribution >= 0.6 is 24.2 Å². The van der Waals surface area contributed by atoms with E-state index < -0.39 is 0 Å². The van der Waals surface area contributed by atoms with Gasteiger partial charge in [0, 0.05) is 18.1 Å². The van der Waals surface area contributed by atoms with Crippen LogP contribution in [0, 0.1) is 5.41 Å². The molecule has 1 fully saturated rings. The summed E-state index contributed by atoms with van der Waals surface area (Å²) in [6.07, 6.45) is 8.19. The lowest BCUT2D eigenvalue weighted by molar-refractivity contribution is 0.170. The van der Waals surface area contributed by atoms with Crippen molar-refractivity contribution in [3.8, 4) is 0 Å². The molecule has 112 valence electrons. The molecule has 0 saturated heterocycles. The number of hydrogen-bond acceptors (Lipinski definition) is 2. The number of benzene rings is 1. The summed E-state index contributed by atoms with van der Waals surface area (Å²) in [5.74, 6) is 1.01. The smallest absolute Gasteiger partial charge is 0.0409 e. The third-order valence-corrected chi connectivity index (χ3v) is 5.35. The van der Waals surface area contributed by atoms with Gasteiger partial charge in [0.05, 0.1) is 0 Å². The van der Waals surface area contributed by atoms with Crippen LogP contribution < -0.4 is 0 Å². The normalized spacial score (nSPS) is 19.0. The Balaban J connectivity index is 1.96. The molecule has 1 nitrogen and oxygen atoms in total. The third-order valence-electron chi connectivity index (χ3n) is 4.45. The maximum absolute atomic E-state index is 6.07. The highest BCUT2D eigenvalue weighted by Crippen LogP contribution is 2.36. The van der Waals surface area contributed by atoms with Gasteiger partial charge in [-0.25, -0.2) is 0 Å². The van der Waals surface area contributed by atoms with Crippen LogP contribution in [-0.2, 0) is 6.54 Å². The summed E-state index contributed by atoms with van der Waals surface area (Å²) in [6, 6.07) is 8.19. The monoisotopic (exact) mass is 311 g/mol. The topological polar surface area (TPSA) is 3.24 Å². The van der Waals surface area contributed by atoms with Crippen molar-refractivity contribution in [2.75, 3.05) is 19.3 Å². The molecule has 0 N–H and O–H groups in total. The van der Waals surface area contributed by atoms with Crippen molar-refractivity contribution < 1.29 is 0 Å². The van der Waals surface area contributed by atoms with E-state index in [4.69, 9.17) is 11.6 Å². The molecule has 0 aliphatic heterocycles. The second-order valence-corrected chi connectivity index (χ2v) is 7.13. The number of rotatable bonds is 5. The Labute approximate surface area is 134 Å². The largest absolute Gasteiger partial charge is 0.302 e. The molecule has 2 rings (SSSR count). The highest BCUT2D eigenvalue weighted by molar-refractivity contribution is 7.80. The fourth-order valence-corrected chi connectivity index (χ4v) is 4.05. The van der Waals surface area contributed by atoms with Gasteiger partial charge in [0.15, 0.2) is 0 Å². The predicted molar refractivity (Wildman–Crippen MR) is 91.8 cm³/mol. The van der Waals surface area contributed by atoms with Gasteiger partial charge in [-0.05, 0) is 48.8 Å². The molecule has 1 aliphatic rings. The molecular formula is C17H26ClNS. The molecule has 0 atom stereocenters. The van der Waals surface area contributed by atoms with Crippen LogP contribution in [0.1, 0.15) is 44.1 Å². The van der Waals surface area contributed by atoms with E-state index >= 15 is 0 Å². The third kappa shape index (κ3) is 4.68. The standard InChI is InChI=1S/C17H26ClNS/c1-19(12-15-7-6-8-16(18)11-15)13-17(14-20)9-4-2-3-5-10-17/h6-8,11,20H,2-5,9-10,12-14H2,1H3. The quantitative estimate of drug-likeness (QED) is 0.589. The van der Waals surface area contributed by atoms with Gasteiger partial charge in [-0.1, -0.05) is 49.4 Å². The van der Waals surface area contributed by atoms with Gasteiger partial charge < -0.3 is 4.90 Å². The summed E-state index contributed by atoms with van der Waals surface area (Å²) in [5.41, 5.74) is 1.70. The van der Waals surface area contributed by atoms with E-state index in [1.54, 1.807) is 0 Å². The summed E-state index contributed by atoms with van der Waals surface area (Å²) >= 11 is 10.7. The molecule has 3 heteroatoms. The lowest BCUT2D eigenvalue weighted by Crippen LogP contribution is -2.36. The summed E-state index contributed by atoms with van der Waals surface area (Å²) in [6.45, 7) is 2.11. The highest BCUT2D eigenvalue weighted by Gasteiger charge is 2.30. The Morgan fingerprint density at radius 1 is 1.20 bits per heavy atom. The molecule has 0 bridgehead atoms. The lowest BCUT2D eigenvalue weighted by Gasteiger charge is -2.35. The molecule has 0 aromatic heterocycles. The van der Waals surface area contributed by atoms with Crippen LogP contribution in [0.25, 0.3) is 0 Å². The zero-order valence-corrected chi connectivity index (χ0v) is 14.1. The van der Waals surface area contributed by atoms with Gasteiger partial charge in [0.1, 0.15) is 0 Å². The molecule has 1 saturated carbocycles. The van der Waals surface area contributed by atoms with Crippen molar-refractivity contribution in [3.63, 3.8) is 0 Å². The van der Waals surface area contributed by atoms with Crippen molar-refractivity contribution in [1.29, 1.82) is 0 Å². The number of thiol groups is 1. The van der Waals surface area contributed by atoms with Crippen LogP contribution in [0.4, 0.5) is 0 Å². The number of hydrogen-bond donors (Lipinski definition) is 1. The molecule has 1 aliphatic carbocycles. The molecule has 0 unspecified atom stereocenters. The zero-order chi connectivity index (χ0) is 14.4. The predicted octanol–water partition coefficient (Wildman–Crippen LogP) is 5.04. The van der Waals surface area contributed by atoms with Gasteiger partial charge in [-0.3, -0.25) is 0 Å². The van der Waals surface area contributed by atoms with E-state index in [0.29, 0.717) is 5.41 Å². The number of nitrogens with zero attached hydrogens (tertiary/aromatic N) is 1. The summed E-state index contributed by atoms with van der Waals surface area (Å²) < 4.78 is 0. The van der Waals surface area contributed by atoms with Crippen molar-refractivity contribution >= 4 is 24.2 Å². The van der Waals surface area contributed by atoms with Crippen LogP contribution in [0.3, 0.4) is 0 Å². The zero-order valence-electron chi connectivity index (χ0n) is 12.4. The van der Waals surface area contributed by atoms with Gasteiger partial charge >= 0.3 is 0 Å². The van der Waals surface area contributed by atoms with Crippen molar-refractivity contribution in [3.05, 3.63) is 34.9 Å². The SMILES string of the molecule is CN(Cc1cccc(Cl)c1)CC1(CS)CCCCCC1. The fourth-order valence-electron chi connectivity index (χ4n) is 3.42. The van der Waals surface area contributed by atoms with Crippen molar-refractivity contribution in [1.82, 2.24) is 4.90 Å². The Kier molecular flexibility index (Phi) is 6.25. The van der Waals surface area contributed by atoms with Crippen molar-refractivity contribution in [2.24, 2.45) is 5.41 Å². The van der Waals surface area contributed by atoms with Gasteiger partial charge in [-0.2, -0.15) is 12.6 Å². The Morgan fingerprint density at radius 2 is 1.90 bits per heavy atom. The molecule has 0 spiro atoms. The minimum absolute atomic E-state index is 0.410. The molecule has 1 aromatic rings. The van der Waals surface area contributed by atoms with Crippen LogP contribution in [0.15, 0.2) is 24.3 Å². The lowest BCUT2D eigenvalue weighted by atomic mass is 9.81. The van der Waals surface area contributed by atoms with Gasteiger partial charge in [-0.15, -0.1) is 0 Å². The first-order valence-corrected chi connectivity index (χ1v) is 8.68. The van der Waals surface area contributed by atoms with E-state index in [-0.39, 0.29) is 0 Å². The molecular weight excluding hydrogens is 286 g/mol.